The van der Waals surface area contributed by atoms with E-state index in [-0.39, 0.29) is 29.6 Å². The first-order chi connectivity index (χ1) is 18.0. The molecule has 0 aliphatic carbocycles. The summed E-state index contributed by atoms with van der Waals surface area (Å²) in [6.07, 6.45) is 13.0. The third kappa shape index (κ3) is 6.44. The highest BCUT2D eigenvalue weighted by atomic mass is 32.2. The van der Waals surface area contributed by atoms with Gasteiger partial charge >= 0.3 is 5.97 Å². The normalized spacial score (nSPS) is 27.8. The maximum Gasteiger partial charge on any atom is 0.310 e. The van der Waals surface area contributed by atoms with Crippen LogP contribution >= 0.6 is 11.8 Å². The lowest BCUT2D eigenvalue weighted by Gasteiger charge is -2.37. The summed E-state index contributed by atoms with van der Waals surface area (Å²) in [6.45, 7) is 11.8. The van der Waals surface area contributed by atoms with E-state index in [0.29, 0.717) is 32.7 Å². The van der Waals surface area contributed by atoms with E-state index in [1.165, 1.54) is 0 Å². The van der Waals surface area contributed by atoms with Crippen LogP contribution in [-0.2, 0) is 19.1 Å². The van der Waals surface area contributed by atoms with Gasteiger partial charge in [0, 0.05) is 31.5 Å². The Kier molecular flexibility index (Phi) is 11.6. The van der Waals surface area contributed by atoms with Gasteiger partial charge in [-0.1, -0.05) is 31.9 Å². The van der Waals surface area contributed by atoms with Gasteiger partial charge in [0.2, 0.25) is 11.8 Å². The zero-order valence-corrected chi connectivity index (χ0v) is 23.4. The molecular formula is C29H46N2O5S. The fraction of sp³-hybridized carbons (Fsp3) is 0.759. The Morgan fingerprint density at radius 1 is 1.16 bits per heavy atom. The van der Waals surface area contributed by atoms with Crippen molar-refractivity contribution in [3.05, 3.63) is 25.3 Å². The second kappa shape index (κ2) is 14.4. The molecular weight excluding hydrogens is 488 g/mol. The molecule has 3 saturated heterocycles. The van der Waals surface area contributed by atoms with E-state index < -0.39 is 22.6 Å². The van der Waals surface area contributed by atoms with Gasteiger partial charge in [-0.2, -0.15) is 0 Å². The predicted molar refractivity (Wildman–Crippen MR) is 148 cm³/mol. The zero-order valence-electron chi connectivity index (χ0n) is 22.6. The number of carbonyl (C=O) groups is 3. The van der Waals surface area contributed by atoms with Crippen molar-refractivity contribution in [3.63, 3.8) is 0 Å². The van der Waals surface area contributed by atoms with Crippen LogP contribution < -0.4 is 0 Å². The number of likely N-dealkylation sites (tertiary alicyclic amines) is 1. The summed E-state index contributed by atoms with van der Waals surface area (Å²) in [5.74, 6) is -1.37. The Morgan fingerprint density at radius 2 is 1.97 bits per heavy atom. The number of rotatable bonds is 18. The van der Waals surface area contributed by atoms with Crippen molar-refractivity contribution in [2.45, 2.75) is 93.6 Å². The van der Waals surface area contributed by atoms with Gasteiger partial charge in [-0.3, -0.25) is 14.4 Å². The van der Waals surface area contributed by atoms with E-state index in [0.717, 1.165) is 64.2 Å². The van der Waals surface area contributed by atoms with E-state index in [2.05, 4.69) is 20.1 Å². The number of esters is 1. The third-order valence-electron chi connectivity index (χ3n) is 8.10. The van der Waals surface area contributed by atoms with Crippen LogP contribution in [0.15, 0.2) is 25.3 Å². The van der Waals surface area contributed by atoms with E-state index in [1.807, 2.05) is 11.0 Å². The zero-order chi connectivity index (χ0) is 26.8. The van der Waals surface area contributed by atoms with Crippen LogP contribution in [0, 0.1) is 11.8 Å². The van der Waals surface area contributed by atoms with Crippen molar-refractivity contribution in [2.75, 3.05) is 32.8 Å². The number of hydrogen-bond donors (Lipinski definition) is 1. The van der Waals surface area contributed by atoms with Gasteiger partial charge in [0.1, 0.15) is 6.04 Å². The molecule has 3 fully saturated rings. The van der Waals surface area contributed by atoms with E-state index in [9.17, 15) is 19.5 Å². The predicted octanol–water partition coefficient (Wildman–Crippen LogP) is 4.34. The Labute approximate surface area is 227 Å². The third-order valence-corrected chi connectivity index (χ3v) is 10.1. The van der Waals surface area contributed by atoms with Gasteiger partial charge in [-0.05, 0) is 57.8 Å². The molecule has 37 heavy (non-hydrogen) atoms. The van der Waals surface area contributed by atoms with Gasteiger partial charge in [-0.15, -0.1) is 24.9 Å². The summed E-state index contributed by atoms with van der Waals surface area (Å²) < 4.78 is 5.10. The van der Waals surface area contributed by atoms with Gasteiger partial charge in [0.15, 0.2) is 0 Å². The molecule has 1 N–H and O–H groups in total. The Bertz CT molecular complexity index is 820. The second-order valence-corrected chi connectivity index (χ2v) is 12.2. The molecule has 0 aromatic rings. The maximum absolute atomic E-state index is 14.2. The van der Waals surface area contributed by atoms with E-state index >= 15 is 0 Å². The summed E-state index contributed by atoms with van der Waals surface area (Å²) in [4.78, 5) is 45.0. The van der Waals surface area contributed by atoms with Gasteiger partial charge in [-0.25, -0.2) is 0 Å². The molecule has 2 amide bonds. The maximum atomic E-state index is 14.2. The van der Waals surface area contributed by atoms with E-state index in [4.69, 9.17) is 4.74 Å². The van der Waals surface area contributed by atoms with Gasteiger partial charge < -0.3 is 19.6 Å². The molecule has 0 saturated carbocycles. The molecule has 208 valence electrons. The first kappa shape index (κ1) is 29.8. The number of aliphatic hydroxyl groups excluding tert-OH is 1. The average molecular weight is 535 g/mol. The standard InChI is InChI=1S/C29H46N2O5S/c1-4-7-9-14-21-36-28(35)23-22-15-16-29(37-22)24(23)26(33)31(19-12-10-13-20-32)25(29)27(34)30(17-6-3)18-11-8-5-2/h4,6,22-25,32H,1,3,5,7-21H2,2H3/t22-,23+,24-,25?,29?/m0/s1. The summed E-state index contributed by atoms with van der Waals surface area (Å²) >= 11 is 1.69. The van der Waals surface area contributed by atoms with Crippen molar-refractivity contribution in [1.29, 1.82) is 0 Å². The molecule has 3 heterocycles. The number of unbranched alkanes of at least 4 members (excludes halogenated alkanes) is 6. The Hall–Kier alpha value is -1.80. The number of hydrogen-bond acceptors (Lipinski definition) is 6. The van der Waals surface area contributed by atoms with Crippen LogP contribution in [0.4, 0.5) is 0 Å². The van der Waals surface area contributed by atoms with Crippen LogP contribution in [0.2, 0.25) is 0 Å². The van der Waals surface area contributed by atoms with Crippen LogP contribution in [-0.4, -0.2) is 81.6 Å². The average Bonchev–Trinajstić information content (AvgIpc) is 3.53. The van der Waals surface area contributed by atoms with Crippen molar-refractivity contribution in [2.24, 2.45) is 11.8 Å². The molecule has 1 spiro atoms. The SMILES string of the molecule is C=CCCCCOC(=O)[C@@H]1[C@@H]2CCC3(S2)C(C(=O)N(CC=C)CCCCC)N(CCCCCO)C(=O)[C@H]13. The Morgan fingerprint density at radius 3 is 2.68 bits per heavy atom. The number of allylic oxidation sites excluding steroid dienone is 1. The quantitative estimate of drug-likeness (QED) is 0.160. The highest BCUT2D eigenvalue weighted by molar-refractivity contribution is 8.02. The van der Waals surface area contributed by atoms with Crippen LogP contribution in [0.1, 0.15) is 77.6 Å². The summed E-state index contributed by atoms with van der Waals surface area (Å²) in [5, 5.41) is 9.23. The number of carbonyl (C=O) groups excluding carboxylic acids is 3. The highest BCUT2D eigenvalue weighted by Crippen LogP contribution is 2.66. The number of thioether (sulfide) groups is 1. The molecule has 2 unspecified atom stereocenters. The summed E-state index contributed by atoms with van der Waals surface area (Å²) in [6, 6.07) is -0.568. The van der Waals surface area contributed by atoms with Crippen molar-refractivity contribution < 1.29 is 24.2 Å². The molecule has 7 nitrogen and oxygen atoms in total. The molecule has 3 aliphatic rings. The number of aliphatic hydroxyl groups is 1. The minimum absolute atomic E-state index is 0.0133. The molecule has 2 bridgehead atoms. The fourth-order valence-electron chi connectivity index (χ4n) is 6.34. The smallest absolute Gasteiger partial charge is 0.310 e. The monoisotopic (exact) mass is 534 g/mol. The highest BCUT2D eigenvalue weighted by Gasteiger charge is 2.74. The molecule has 3 aliphatic heterocycles. The molecule has 0 aromatic carbocycles. The van der Waals surface area contributed by atoms with Crippen molar-refractivity contribution in [3.8, 4) is 0 Å². The first-order valence-electron chi connectivity index (χ1n) is 14.2. The van der Waals surface area contributed by atoms with Crippen LogP contribution in [0.25, 0.3) is 0 Å². The first-order valence-corrected chi connectivity index (χ1v) is 15.1. The minimum atomic E-state index is -0.577. The van der Waals surface area contributed by atoms with Gasteiger partial charge in [0.25, 0.3) is 0 Å². The van der Waals surface area contributed by atoms with Crippen molar-refractivity contribution >= 4 is 29.5 Å². The largest absolute Gasteiger partial charge is 0.465 e. The number of fused-ring (bicyclic) bond motifs is 1. The van der Waals surface area contributed by atoms with Crippen LogP contribution in [0.5, 0.6) is 0 Å². The Balaban J connectivity index is 1.84. The number of nitrogens with zero attached hydrogens (tertiary/aromatic N) is 2. The fourth-order valence-corrected chi connectivity index (χ4v) is 8.55. The number of amides is 2. The van der Waals surface area contributed by atoms with Crippen LogP contribution in [0.3, 0.4) is 0 Å². The molecule has 8 heteroatoms. The topological polar surface area (TPSA) is 87.2 Å². The van der Waals surface area contributed by atoms with Gasteiger partial charge in [0.05, 0.1) is 23.2 Å². The lowest BCUT2D eigenvalue weighted by molar-refractivity contribution is -0.154. The molecule has 0 radical (unpaired) electrons. The molecule has 5 atom stereocenters. The van der Waals surface area contributed by atoms with Crippen molar-refractivity contribution in [1.82, 2.24) is 9.80 Å². The molecule has 0 aromatic heterocycles. The minimum Gasteiger partial charge on any atom is -0.465 e. The summed E-state index contributed by atoms with van der Waals surface area (Å²) in [5.41, 5.74) is 0. The van der Waals surface area contributed by atoms with E-state index in [1.54, 1.807) is 22.7 Å². The number of ether oxygens (including phenoxy) is 1. The summed E-state index contributed by atoms with van der Waals surface area (Å²) in [7, 11) is 0. The molecule has 3 rings (SSSR count). The lowest BCUT2D eigenvalue weighted by Crippen LogP contribution is -2.55. The lowest BCUT2D eigenvalue weighted by atomic mass is 9.71. The second-order valence-electron chi connectivity index (χ2n) is 10.6.